The summed E-state index contributed by atoms with van der Waals surface area (Å²) in [6, 6.07) is 4.90. The molecular formula is C25H42FNO3. The number of hydrogen-bond acceptors (Lipinski definition) is 4. The maximum atomic E-state index is 13.9. The van der Waals surface area contributed by atoms with E-state index < -0.39 is 11.4 Å². The van der Waals surface area contributed by atoms with E-state index >= 15 is 0 Å². The van der Waals surface area contributed by atoms with Crippen molar-refractivity contribution < 1.29 is 19.0 Å². The van der Waals surface area contributed by atoms with Gasteiger partial charge in [0.05, 0.1) is 5.60 Å². The van der Waals surface area contributed by atoms with Gasteiger partial charge in [0.1, 0.15) is 12.4 Å². The number of aliphatic hydroxyl groups is 1. The Morgan fingerprint density at radius 2 is 1.90 bits per heavy atom. The smallest absolute Gasteiger partial charge is 0.165 e. The summed E-state index contributed by atoms with van der Waals surface area (Å²) in [6.07, 6.45) is 9.19. The Morgan fingerprint density at radius 3 is 2.43 bits per heavy atom. The molecule has 0 saturated carbocycles. The second-order valence-electron chi connectivity index (χ2n) is 7.81. The standard InChI is InChI=1S/C23H33FO3.C2H6.H3N/c1-6-10-19(18(3)25)12-9-7-8-11-17(2)20-13-14-21(24)22(15-20)27-16-23(4,5)26;1-2;/h6-7,9,13-15,17,19,26H,1,8,10-12,16H2,2-5H3;1-2H3;1H3/b9-7+;;. The first-order valence-corrected chi connectivity index (χ1v) is 10.5. The monoisotopic (exact) mass is 423 g/mol. The Labute approximate surface area is 182 Å². The van der Waals surface area contributed by atoms with Gasteiger partial charge in [-0.25, -0.2) is 4.39 Å². The minimum absolute atomic E-state index is 0. The molecule has 0 aromatic heterocycles. The number of carbonyl (C=O) groups excluding carboxylic acids is 1. The predicted molar refractivity (Wildman–Crippen MR) is 125 cm³/mol. The molecule has 0 fully saturated rings. The first-order chi connectivity index (χ1) is 13.6. The van der Waals surface area contributed by atoms with Crippen LogP contribution in [0.1, 0.15) is 78.7 Å². The zero-order chi connectivity index (χ0) is 22.4. The molecule has 0 aliphatic heterocycles. The number of ketones is 1. The van der Waals surface area contributed by atoms with Gasteiger partial charge in [0.2, 0.25) is 0 Å². The fourth-order valence-electron chi connectivity index (χ4n) is 2.71. The average molecular weight is 424 g/mol. The molecule has 2 atom stereocenters. The summed E-state index contributed by atoms with van der Waals surface area (Å²) in [7, 11) is 0. The van der Waals surface area contributed by atoms with Crippen LogP contribution in [0, 0.1) is 11.7 Å². The minimum atomic E-state index is -1.01. The van der Waals surface area contributed by atoms with Gasteiger partial charge in [-0.2, -0.15) is 0 Å². The van der Waals surface area contributed by atoms with Gasteiger partial charge in [0.25, 0.3) is 0 Å². The van der Waals surface area contributed by atoms with E-state index in [9.17, 15) is 14.3 Å². The van der Waals surface area contributed by atoms with Gasteiger partial charge in [-0.3, -0.25) is 4.79 Å². The van der Waals surface area contributed by atoms with Crippen LogP contribution >= 0.6 is 0 Å². The zero-order valence-corrected chi connectivity index (χ0v) is 19.7. The molecule has 4 nitrogen and oxygen atoms in total. The molecule has 0 amide bonds. The Hall–Kier alpha value is -1.98. The average Bonchev–Trinajstić information content (AvgIpc) is 2.66. The van der Waals surface area contributed by atoms with Crippen LogP contribution in [-0.2, 0) is 4.79 Å². The number of allylic oxidation sites excluding steroid dienone is 3. The lowest BCUT2D eigenvalue weighted by molar-refractivity contribution is -0.120. The van der Waals surface area contributed by atoms with Crippen molar-refractivity contribution in [1.29, 1.82) is 0 Å². The number of benzene rings is 1. The first-order valence-electron chi connectivity index (χ1n) is 10.5. The largest absolute Gasteiger partial charge is 0.488 e. The van der Waals surface area contributed by atoms with Crippen LogP contribution in [-0.4, -0.2) is 23.1 Å². The summed E-state index contributed by atoms with van der Waals surface area (Å²) in [4.78, 5) is 11.5. The maximum Gasteiger partial charge on any atom is 0.165 e. The Bertz CT molecular complexity index is 650. The predicted octanol–water partition coefficient (Wildman–Crippen LogP) is 6.77. The van der Waals surface area contributed by atoms with E-state index in [1.807, 2.05) is 13.8 Å². The number of halogens is 1. The second kappa shape index (κ2) is 15.8. The summed E-state index contributed by atoms with van der Waals surface area (Å²) in [6.45, 7) is 14.7. The highest BCUT2D eigenvalue weighted by molar-refractivity contribution is 5.78. The van der Waals surface area contributed by atoms with Gasteiger partial charge < -0.3 is 16.0 Å². The van der Waals surface area contributed by atoms with E-state index in [1.165, 1.54) is 6.07 Å². The molecule has 0 bridgehead atoms. The van der Waals surface area contributed by atoms with Crippen molar-refractivity contribution in [3.63, 3.8) is 0 Å². The minimum Gasteiger partial charge on any atom is -0.488 e. The highest BCUT2D eigenvalue weighted by Gasteiger charge is 2.16. The third-order valence-corrected chi connectivity index (χ3v) is 4.48. The lowest BCUT2D eigenvalue weighted by Gasteiger charge is -2.19. The summed E-state index contributed by atoms with van der Waals surface area (Å²) in [5.41, 5.74) is -0.00819. The van der Waals surface area contributed by atoms with Crippen molar-refractivity contribution in [3.05, 3.63) is 54.4 Å². The van der Waals surface area contributed by atoms with Gasteiger partial charge in [-0.05, 0) is 70.1 Å². The molecular weight excluding hydrogens is 381 g/mol. The van der Waals surface area contributed by atoms with Crippen LogP contribution in [0.5, 0.6) is 5.75 Å². The van der Waals surface area contributed by atoms with Gasteiger partial charge in [0.15, 0.2) is 11.6 Å². The SMILES string of the molecule is C=CCC(C/C=C/CCC(C)c1ccc(F)c(OCC(C)(C)O)c1)C(C)=O.CC.N. The first kappa shape index (κ1) is 30.2. The number of ether oxygens (including phenoxy) is 1. The van der Waals surface area contributed by atoms with E-state index in [0.717, 1.165) is 24.8 Å². The topological polar surface area (TPSA) is 81.5 Å². The quantitative estimate of drug-likeness (QED) is 0.363. The van der Waals surface area contributed by atoms with Crippen LogP contribution in [0.2, 0.25) is 0 Å². The lowest BCUT2D eigenvalue weighted by Crippen LogP contribution is -2.28. The Kier molecular flexibility index (Phi) is 15.9. The molecule has 5 heteroatoms. The Balaban J connectivity index is 0. The third-order valence-electron chi connectivity index (χ3n) is 4.48. The third kappa shape index (κ3) is 12.6. The van der Waals surface area contributed by atoms with E-state index in [2.05, 4.69) is 25.7 Å². The molecule has 4 N–H and O–H groups in total. The molecule has 30 heavy (non-hydrogen) atoms. The van der Waals surface area contributed by atoms with Crippen molar-refractivity contribution in [2.24, 2.45) is 5.92 Å². The summed E-state index contributed by atoms with van der Waals surface area (Å²) >= 11 is 0. The molecule has 1 aromatic rings. The van der Waals surface area contributed by atoms with Gasteiger partial charge in [0, 0.05) is 5.92 Å². The van der Waals surface area contributed by atoms with Gasteiger partial charge >= 0.3 is 0 Å². The van der Waals surface area contributed by atoms with E-state index in [1.54, 1.807) is 39.0 Å². The van der Waals surface area contributed by atoms with Crippen LogP contribution in [0.25, 0.3) is 0 Å². The molecule has 0 heterocycles. The number of rotatable bonds is 12. The summed E-state index contributed by atoms with van der Waals surface area (Å²) in [5, 5.41) is 9.74. The normalized spacial score (nSPS) is 12.9. The number of Topliss-reactive ketones (excluding diaryl/α,β-unsaturated/α-hetero) is 1. The molecule has 1 rings (SSSR count). The molecule has 0 aliphatic rings. The van der Waals surface area contributed by atoms with Crippen LogP contribution < -0.4 is 10.9 Å². The van der Waals surface area contributed by atoms with Crippen LogP contribution in [0.4, 0.5) is 4.39 Å². The van der Waals surface area contributed by atoms with Crippen LogP contribution in [0.15, 0.2) is 43.0 Å². The fraction of sp³-hybridized carbons (Fsp3) is 0.560. The number of hydrogen-bond donors (Lipinski definition) is 2. The zero-order valence-electron chi connectivity index (χ0n) is 19.7. The fourth-order valence-corrected chi connectivity index (χ4v) is 2.71. The molecule has 2 unspecified atom stereocenters. The highest BCUT2D eigenvalue weighted by Crippen LogP contribution is 2.27. The van der Waals surface area contributed by atoms with Crippen LogP contribution in [0.3, 0.4) is 0 Å². The molecule has 0 saturated heterocycles. The number of carbonyl (C=O) groups is 1. The van der Waals surface area contributed by atoms with Crippen molar-refractivity contribution >= 4 is 5.78 Å². The van der Waals surface area contributed by atoms with Gasteiger partial charge in [-0.15, -0.1) is 6.58 Å². The highest BCUT2D eigenvalue weighted by atomic mass is 19.1. The molecule has 0 radical (unpaired) electrons. The van der Waals surface area contributed by atoms with Crippen molar-refractivity contribution in [1.82, 2.24) is 6.15 Å². The second-order valence-corrected chi connectivity index (χ2v) is 7.81. The molecule has 0 aliphatic carbocycles. The lowest BCUT2D eigenvalue weighted by atomic mass is 9.94. The van der Waals surface area contributed by atoms with Crippen molar-refractivity contribution in [3.8, 4) is 5.75 Å². The maximum absolute atomic E-state index is 13.9. The molecule has 1 aromatic carbocycles. The van der Waals surface area contributed by atoms with E-state index in [-0.39, 0.29) is 36.1 Å². The van der Waals surface area contributed by atoms with E-state index in [4.69, 9.17) is 4.74 Å². The summed E-state index contributed by atoms with van der Waals surface area (Å²) in [5.74, 6) is 0.205. The Morgan fingerprint density at radius 1 is 1.27 bits per heavy atom. The molecule has 0 spiro atoms. The van der Waals surface area contributed by atoms with Gasteiger partial charge in [-0.1, -0.05) is 45.1 Å². The van der Waals surface area contributed by atoms with Crippen molar-refractivity contribution in [2.45, 2.75) is 78.7 Å². The van der Waals surface area contributed by atoms with Crippen molar-refractivity contribution in [2.75, 3.05) is 6.61 Å². The summed E-state index contributed by atoms with van der Waals surface area (Å²) < 4.78 is 19.3. The van der Waals surface area contributed by atoms with E-state index in [0.29, 0.717) is 6.42 Å². The molecule has 172 valence electrons.